The Kier molecular flexibility index (Phi) is 5.25. The van der Waals surface area contributed by atoms with E-state index in [-0.39, 0.29) is 12.4 Å². The molecule has 0 saturated carbocycles. The van der Waals surface area contributed by atoms with Gasteiger partial charge in [0.1, 0.15) is 12.4 Å². The van der Waals surface area contributed by atoms with Crippen LogP contribution in [-0.4, -0.2) is 24.7 Å². The van der Waals surface area contributed by atoms with E-state index in [0.29, 0.717) is 10.6 Å². The van der Waals surface area contributed by atoms with Gasteiger partial charge in [-0.05, 0) is 25.1 Å². The molecule has 102 valence electrons. The van der Waals surface area contributed by atoms with Crippen LogP contribution in [0, 0.1) is 0 Å². The van der Waals surface area contributed by atoms with E-state index in [9.17, 15) is 18.3 Å². The molecule has 0 aliphatic carbocycles. The molecule has 0 aliphatic heterocycles. The maximum atomic E-state index is 11.7. The van der Waals surface area contributed by atoms with Crippen molar-refractivity contribution in [3.05, 3.63) is 28.8 Å². The monoisotopic (exact) mass is 284 g/mol. The Morgan fingerprint density at radius 2 is 2.00 bits per heavy atom. The number of rotatable bonds is 5. The van der Waals surface area contributed by atoms with Crippen molar-refractivity contribution in [3.8, 4) is 5.75 Å². The fourth-order valence-corrected chi connectivity index (χ4v) is 1.47. The van der Waals surface area contributed by atoms with Crippen molar-refractivity contribution < 1.29 is 27.8 Å². The molecular formula is C11H12ClF3O3. The SMILES string of the molecule is C[C@H](O)c1cc(Cl)ccc1OCCOC(F)(F)F. The van der Waals surface area contributed by atoms with E-state index in [1.54, 1.807) is 0 Å². The first-order valence-electron chi connectivity index (χ1n) is 5.10. The molecular weight excluding hydrogens is 273 g/mol. The highest BCUT2D eigenvalue weighted by molar-refractivity contribution is 6.30. The lowest BCUT2D eigenvalue weighted by Crippen LogP contribution is -2.18. The average Bonchev–Trinajstić information content (AvgIpc) is 2.24. The van der Waals surface area contributed by atoms with Gasteiger partial charge in [0, 0.05) is 10.6 Å². The summed E-state index contributed by atoms with van der Waals surface area (Å²) in [6, 6.07) is 4.50. The highest BCUT2D eigenvalue weighted by atomic mass is 35.5. The number of hydrogen-bond acceptors (Lipinski definition) is 3. The average molecular weight is 285 g/mol. The molecule has 0 heterocycles. The first-order chi connectivity index (χ1) is 8.29. The summed E-state index contributed by atoms with van der Waals surface area (Å²) in [5.41, 5.74) is 0.412. The molecule has 0 amide bonds. The van der Waals surface area contributed by atoms with Crippen molar-refractivity contribution in [1.82, 2.24) is 0 Å². The number of alkyl halides is 3. The number of halogens is 4. The topological polar surface area (TPSA) is 38.7 Å². The molecule has 3 nitrogen and oxygen atoms in total. The lowest BCUT2D eigenvalue weighted by atomic mass is 10.1. The number of ether oxygens (including phenoxy) is 2. The molecule has 1 rings (SSSR count). The zero-order chi connectivity index (χ0) is 13.8. The fourth-order valence-electron chi connectivity index (χ4n) is 1.29. The summed E-state index contributed by atoms with van der Waals surface area (Å²) in [4.78, 5) is 0. The van der Waals surface area contributed by atoms with Gasteiger partial charge in [0.15, 0.2) is 0 Å². The maximum Gasteiger partial charge on any atom is 0.522 e. The van der Waals surface area contributed by atoms with Crippen molar-refractivity contribution >= 4 is 11.6 Å². The summed E-state index contributed by atoms with van der Waals surface area (Å²) < 4.78 is 43.8. The third kappa shape index (κ3) is 5.12. The van der Waals surface area contributed by atoms with E-state index >= 15 is 0 Å². The second-order valence-electron chi connectivity index (χ2n) is 3.50. The van der Waals surface area contributed by atoms with Crippen LogP contribution in [0.4, 0.5) is 13.2 Å². The molecule has 1 aromatic carbocycles. The van der Waals surface area contributed by atoms with Crippen molar-refractivity contribution in [2.75, 3.05) is 13.2 Å². The van der Waals surface area contributed by atoms with Gasteiger partial charge >= 0.3 is 6.36 Å². The van der Waals surface area contributed by atoms with E-state index in [2.05, 4.69) is 4.74 Å². The van der Waals surface area contributed by atoms with Crippen molar-refractivity contribution in [1.29, 1.82) is 0 Å². The predicted molar refractivity (Wildman–Crippen MR) is 59.6 cm³/mol. The van der Waals surface area contributed by atoms with Crippen molar-refractivity contribution in [2.45, 2.75) is 19.4 Å². The van der Waals surface area contributed by atoms with Gasteiger partial charge in [-0.1, -0.05) is 11.6 Å². The predicted octanol–water partition coefficient (Wildman–Crippen LogP) is 3.31. The van der Waals surface area contributed by atoms with Crippen molar-refractivity contribution in [2.24, 2.45) is 0 Å². The molecule has 0 aromatic heterocycles. The molecule has 7 heteroatoms. The first-order valence-corrected chi connectivity index (χ1v) is 5.48. The van der Waals surface area contributed by atoms with Crippen molar-refractivity contribution in [3.63, 3.8) is 0 Å². The van der Waals surface area contributed by atoms with Crippen LogP contribution in [0.2, 0.25) is 5.02 Å². The summed E-state index contributed by atoms with van der Waals surface area (Å²) in [5, 5.41) is 9.87. The summed E-state index contributed by atoms with van der Waals surface area (Å²) in [6.45, 7) is 0.608. The van der Waals surface area contributed by atoms with E-state index in [4.69, 9.17) is 16.3 Å². The lowest BCUT2D eigenvalue weighted by molar-refractivity contribution is -0.325. The van der Waals surface area contributed by atoms with Gasteiger partial charge in [-0.25, -0.2) is 0 Å². The van der Waals surface area contributed by atoms with Gasteiger partial charge in [0.2, 0.25) is 0 Å². The minimum Gasteiger partial charge on any atom is -0.491 e. The van der Waals surface area contributed by atoms with Crippen LogP contribution in [0.15, 0.2) is 18.2 Å². The largest absolute Gasteiger partial charge is 0.522 e. The minimum absolute atomic E-state index is 0.277. The Balaban J connectivity index is 2.57. The molecule has 0 aliphatic rings. The smallest absolute Gasteiger partial charge is 0.491 e. The van der Waals surface area contributed by atoms with E-state index in [0.717, 1.165) is 0 Å². The van der Waals surface area contributed by atoms with E-state index in [1.807, 2.05) is 0 Å². The number of aliphatic hydroxyl groups is 1. The quantitative estimate of drug-likeness (QED) is 0.843. The van der Waals surface area contributed by atoms with E-state index < -0.39 is 19.1 Å². The molecule has 0 unspecified atom stereocenters. The van der Waals surface area contributed by atoms with Gasteiger partial charge in [0.05, 0.1) is 12.7 Å². The lowest BCUT2D eigenvalue weighted by Gasteiger charge is -2.14. The number of aliphatic hydroxyl groups excluding tert-OH is 1. The molecule has 0 saturated heterocycles. The van der Waals surface area contributed by atoms with Gasteiger partial charge in [0.25, 0.3) is 0 Å². The summed E-state index contributed by atoms with van der Waals surface area (Å²) in [7, 11) is 0. The Morgan fingerprint density at radius 3 is 2.56 bits per heavy atom. The molecule has 0 bridgehead atoms. The van der Waals surface area contributed by atoms with Gasteiger partial charge < -0.3 is 9.84 Å². The number of hydrogen-bond donors (Lipinski definition) is 1. The Morgan fingerprint density at radius 1 is 1.33 bits per heavy atom. The Labute approximate surface area is 107 Å². The number of benzene rings is 1. The summed E-state index contributed by atoms with van der Waals surface area (Å²) in [6.07, 6.45) is -5.50. The zero-order valence-electron chi connectivity index (χ0n) is 9.50. The van der Waals surface area contributed by atoms with Gasteiger partial charge in [-0.3, -0.25) is 4.74 Å². The summed E-state index contributed by atoms with van der Waals surface area (Å²) >= 11 is 5.74. The van der Waals surface area contributed by atoms with Crippen LogP contribution in [0.5, 0.6) is 5.75 Å². The second-order valence-corrected chi connectivity index (χ2v) is 3.94. The van der Waals surface area contributed by atoms with E-state index in [1.165, 1.54) is 25.1 Å². The third-order valence-electron chi connectivity index (χ3n) is 2.03. The Bertz CT molecular complexity index is 394. The molecule has 1 aromatic rings. The van der Waals surface area contributed by atoms with Crippen LogP contribution in [0.25, 0.3) is 0 Å². The van der Waals surface area contributed by atoms with Crippen LogP contribution in [-0.2, 0) is 4.74 Å². The van der Waals surface area contributed by atoms with Gasteiger partial charge in [-0.2, -0.15) is 0 Å². The highest BCUT2D eigenvalue weighted by Gasteiger charge is 2.28. The molecule has 0 spiro atoms. The summed E-state index contributed by atoms with van der Waals surface area (Å²) in [5.74, 6) is 0.278. The molecule has 0 fully saturated rings. The molecule has 1 N–H and O–H groups in total. The molecule has 1 atom stereocenters. The fraction of sp³-hybridized carbons (Fsp3) is 0.455. The molecule has 18 heavy (non-hydrogen) atoms. The maximum absolute atomic E-state index is 11.7. The van der Waals surface area contributed by atoms with Crippen LogP contribution >= 0.6 is 11.6 Å². The standard InChI is InChI=1S/C11H12ClF3O3/c1-7(16)9-6-8(12)2-3-10(9)17-4-5-18-11(13,14)15/h2-3,6-7,16H,4-5H2,1H3/t7-/m0/s1. The Hall–Kier alpha value is -0.980. The normalized spacial score (nSPS) is 13.4. The van der Waals surface area contributed by atoms with Crippen LogP contribution < -0.4 is 4.74 Å². The molecule has 0 radical (unpaired) electrons. The second kappa shape index (κ2) is 6.26. The minimum atomic E-state index is -4.67. The zero-order valence-corrected chi connectivity index (χ0v) is 10.3. The van der Waals surface area contributed by atoms with Gasteiger partial charge in [-0.15, -0.1) is 13.2 Å². The highest BCUT2D eigenvalue weighted by Crippen LogP contribution is 2.28. The van der Waals surface area contributed by atoms with Crippen LogP contribution in [0.1, 0.15) is 18.6 Å². The van der Waals surface area contributed by atoms with Crippen LogP contribution in [0.3, 0.4) is 0 Å². The third-order valence-corrected chi connectivity index (χ3v) is 2.26. The first kappa shape index (κ1) is 15.1.